The van der Waals surface area contributed by atoms with Gasteiger partial charge in [0.2, 0.25) is 10.0 Å². The summed E-state index contributed by atoms with van der Waals surface area (Å²) in [4.78, 5) is 23.9. The second-order valence-corrected chi connectivity index (χ2v) is 5.67. The van der Waals surface area contributed by atoms with E-state index in [0.717, 1.165) is 0 Å². The van der Waals surface area contributed by atoms with Crippen molar-refractivity contribution >= 4 is 47.1 Å². The summed E-state index contributed by atoms with van der Waals surface area (Å²) in [7, 11) is 0. The Labute approximate surface area is 101 Å². The molecule has 0 unspecified atom stereocenters. The van der Waals surface area contributed by atoms with Gasteiger partial charge in [-0.25, -0.2) is 9.69 Å². The summed E-state index contributed by atoms with van der Waals surface area (Å²) in [6.45, 7) is 0.336. The normalized spacial score (nSPS) is 35.4. The number of aldehydes is 1. The van der Waals surface area contributed by atoms with Crippen LogP contribution in [0.2, 0.25) is 0 Å². The van der Waals surface area contributed by atoms with E-state index < -0.39 is 21.5 Å². The van der Waals surface area contributed by atoms with E-state index >= 15 is 0 Å². The molecule has 15 heavy (non-hydrogen) atoms. The number of carbonyl (C=O) groups excluding carboxylic acids is 2. The van der Waals surface area contributed by atoms with Crippen LogP contribution in [0.1, 0.15) is 0 Å². The number of rotatable bonds is 1. The van der Waals surface area contributed by atoms with Crippen LogP contribution in [0.5, 0.6) is 0 Å². The van der Waals surface area contributed by atoms with Gasteiger partial charge in [-0.05, 0) is 6.08 Å². The van der Waals surface area contributed by atoms with Gasteiger partial charge in [0.15, 0.2) is 11.8 Å². The van der Waals surface area contributed by atoms with Crippen molar-refractivity contribution in [3.8, 4) is 0 Å². The van der Waals surface area contributed by atoms with E-state index in [1.165, 1.54) is 11.0 Å². The van der Waals surface area contributed by atoms with Crippen LogP contribution in [0, 0.1) is 0 Å². The van der Waals surface area contributed by atoms with Crippen LogP contribution < -0.4 is 0 Å². The van der Waals surface area contributed by atoms with Crippen molar-refractivity contribution in [2.75, 3.05) is 6.54 Å². The lowest BCUT2D eigenvalue weighted by Gasteiger charge is -2.28. The molecule has 7 heteroatoms. The molecule has 2 atom stereocenters. The largest absolute Gasteiger partial charge is 0.440 e. The van der Waals surface area contributed by atoms with E-state index in [1.54, 1.807) is 6.08 Å². The lowest BCUT2D eigenvalue weighted by Crippen LogP contribution is -2.50. The second-order valence-electron chi connectivity index (χ2n) is 3.30. The first-order valence-electron chi connectivity index (χ1n) is 4.10. The Hall–Kier alpha value is -0.290. The molecule has 1 fully saturated rings. The quantitative estimate of drug-likeness (QED) is 0.235. The van der Waals surface area contributed by atoms with Gasteiger partial charge < -0.3 is 9.53 Å². The van der Waals surface area contributed by atoms with Crippen molar-refractivity contribution in [2.45, 2.75) is 15.6 Å². The Balaban J connectivity index is 2.39. The third kappa shape index (κ3) is 1.47. The lowest BCUT2D eigenvalue weighted by atomic mass is 10.0. The number of carbonyl (C=O) groups is 2. The first kappa shape index (κ1) is 11.2. The van der Waals surface area contributed by atoms with Gasteiger partial charge in [0.1, 0.15) is 0 Å². The molecule has 2 heterocycles. The van der Waals surface area contributed by atoms with Crippen LogP contribution in [0.4, 0.5) is 0 Å². The highest BCUT2D eigenvalue weighted by molar-refractivity contribution is 6.68. The van der Waals surface area contributed by atoms with Crippen LogP contribution in [0.15, 0.2) is 12.2 Å². The van der Waals surface area contributed by atoms with E-state index in [0.29, 0.717) is 12.8 Å². The van der Waals surface area contributed by atoms with E-state index in [2.05, 4.69) is 0 Å². The molecule has 2 aliphatic rings. The van der Waals surface area contributed by atoms with Gasteiger partial charge in [-0.15, -0.1) is 0 Å². The molecule has 0 aromatic carbocycles. The molecule has 0 bridgehead atoms. The van der Waals surface area contributed by atoms with Crippen molar-refractivity contribution < 1.29 is 14.3 Å². The molecule has 0 aromatic rings. The molecule has 82 valence electrons. The summed E-state index contributed by atoms with van der Waals surface area (Å²) in [5, 5.41) is 0. The van der Waals surface area contributed by atoms with Gasteiger partial charge in [0.05, 0.1) is 0 Å². The van der Waals surface area contributed by atoms with Crippen molar-refractivity contribution in [3.05, 3.63) is 12.2 Å². The third-order valence-electron chi connectivity index (χ3n) is 2.44. The fourth-order valence-corrected chi connectivity index (χ4v) is 2.21. The molecule has 0 N–H and O–H groups in total. The average molecular weight is 270 g/mol. The molecule has 0 radical (unpaired) electrons. The molecular formula is C8H6Cl3NO3. The number of cyclic esters (lactones) is 1. The minimum Gasteiger partial charge on any atom is -0.440 e. The number of esters is 1. The highest BCUT2D eigenvalue weighted by Gasteiger charge is 2.61. The molecule has 0 spiro atoms. The number of halogens is 3. The monoisotopic (exact) mass is 269 g/mol. The Bertz CT molecular complexity index is 352. The smallest absolute Gasteiger partial charge is 0.339 e. The Kier molecular flexibility index (Phi) is 2.50. The molecule has 2 aliphatic heterocycles. The molecule has 4 nitrogen and oxygen atoms in total. The molecule has 0 saturated carbocycles. The van der Waals surface area contributed by atoms with Gasteiger partial charge in [-0.3, -0.25) is 0 Å². The fourth-order valence-electron chi connectivity index (χ4n) is 1.73. The number of alkyl halides is 3. The minimum absolute atomic E-state index is 0.336. The fraction of sp³-hybridized carbons (Fsp3) is 0.500. The number of ether oxygens (including phenoxy) is 1. The standard InChI is InChI=1S/C8H6Cl3NO3/c9-8(10,11)5-12-3-1-2-7(12,4-13)6(14)15-5/h1-2,4-5H,3H2/t5-,7-/m1/s1. The SMILES string of the molecule is O=C[C@@]12C=CCN1[C@@H](C(Cl)(Cl)Cl)OC2=O. The summed E-state index contributed by atoms with van der Waals surface area (Å²) < 4.78 is 3.12. The van der Waals surface area contributed by atoms with Crippen molar-refractivity contribution in [3.63, 3.8) is 0 Å². The zero-order valence-corrected chi connectivity index (χ0v) is 9.59. The zero-order chi connectivity index (χ0) is 11.3. The van der Waals surface area contributed by atoms with Crippen LogP contribution in [0.25, 0.3) is 0 Å². The van der Waals surface area contributed by atoms with Crippen molar-refractivity contribution in [2.24, 2.45) is 0 Å². The maximum Gasteiger partial charge on any atom is 0.339 e. The van der Waals surface area contributed by atoms with Crippen LogP contribution in [-0.4, -0.2) is 39.3 Å². The van der Waals surface area contributed by atoms with Gasteiger partial charge >= 0.3 is 5.97 Å². The number of fused-ring (bicyclic) bond motifs is 1. The predicted molar refractivity (Wildman–Crippen MR) is 54.8 cm³/mol. The molecule has 2 rings (SSSR count). The summed E-state index contributed by atoms with van der Waals surface area (Å²) in [6, 6.07) is 0. The second kappa shape index (κ2) is 3.35. The van der Waals surface area contributed by atoms with Crippen molar-refractivity contribution in [1.82, 2.24) is 4.90 Å². The van der Waals surface area contributed by atoms with Gasteiger partial charge in [0, 0.05) is 6.54 Å². The molecular weight excluding hydrogens is 264 g/mol. The average Bonchev–Trinajstić information content (AvgIpc) is 2.64. The van der Waals surface area contributed by atoms with Crippen LogP contribution in [-0.2, 0) is 14.3 Å². The van der Waals surface area contributed by atoms with E-state index in [1.807, 2.05) is 0 Å². The number of nitrogens with zero attached hydrogens (tertiary/aromatic N) is 1. The molecule has 1 saturated heterocycles. The van der Waals surface area contributed by atoms with Gasteiger partial charge in [-0.2, -0.15) is 0 Å². The highest BCUT2D eigenvalue weighted by atomic mass is 35.6. The number of hydrogen-bond acceptors (Lipinski definition) is 4. The van der Waals surface area contributed by atoms with E-state index in [9.17, 15) is 9.59 Å². The highest BCUT2D eigenvalue weighted by Crippen LogP contribution is 2.43. The molecule has 0 aromatic heterocycles. The van der Waals surface area contributed by atoms with E-state index in [-0.39, 0.29) is 0 Å². The first-order valence-corrected chi connectivity index (χ1v) is 5.24. The topological polar surface area (TPSA) is 46.6 Å². The Morgan fingerprint density at radius 3 is 2.80 bits per heavy atom. The van der Waals surface area contributed by atoms with Gasteiger partial charge in [-0.1, -0.05) is 40.9 Å². The van der Waals surface area contributed by atoms with Crippen molar-refractivity contribution in [1.29, 1.82) is 0 Å². The summed E-state index contributed by atoms with van der Waals surface area (Å²) >= 11 is 17.0. The zero-order valence-electron chi connectivity index (χ0n) is 7.32. The van der Waals surface area contributed by atoms with E-state index in [4.69, 9.17) is 39.5 Å². The summed E-state index contributed by atoms with van der Waals surface area (Å²) in [6.07, 6.45) is 2.59. The Morgan fingerprint density at radius 1 is 1.60 bits per heavy atom. The summed E-state index contributed by atoms with van der Waals surface area (Å²) in [5.41, 5.74) is -1.41. The third-order valence-corrected chi connectivity index (χ3v) is 3.00. The minimum atomic E-state index is -1.77. The van der Waals surface area contributed by atoms with Crippen LogP contribution >= 0.6 is 34.8 Å². The Morgan fingerprint density at radius 2 is 2.27 bits per heavy atom. The first-order chi connectivity index (χ1) is 6.92. The maximum absolute atomic E-state index is 11.5. The predicted octanol–water partition coefficient (Wildman–Crippen LogP) is 1.05. The number of hydrogen-bond donors (Lipinski definition) is 0. The maximum atomic E-state index is 11.5. The molecule has 0 aliphatic carbocycles. The lowest BCUT2D eigenvalue weighted by molar-refractivity contribution is -0.145. The summed E-state index contributed by atoms with van der Waals surface area (Å²) in [5.74, 6) is -0.706. The van der Waals surface area contributed by atoms with Gasteiger partial charge in [0.25, 0.3) is 0 Å². The van der Waals surface area contributed by atoms with Crippen LogP contribution in [0.3, 0.4) is 0 Å². The molecule has 0 amide bonds.